The summed E-state index contributed by atoms with van der Waals surface area (Å²) in [6.45, 7) is 3.96. The quantitative estimate of drug-likeness (QED) is 0.622. The second-order valence-electron chi connectivity index (χ2n) is 2.27. The predicted octanol–water partition coefficient (Wildman–Crippen LogP) is 1.20. The van der Waals surface area contributed by atoms with Crippen LogP contribution in [0, 0.1) is 0 Å². The van der Waals surface area contributed by atoms with E-state index < -0.39 is 0 Å². The SMILES string of the molecule is COc1nnc(C(C)C)o1. The Morgan fingerprint density at radius 3 is 2.40 bits per heavy atom. The average Bonchev–Trinajstić information content (AvgIpc) is 2.34. The minimum absolute atomic E-state index is 0.226. The van der Waals surface area contributed by atoms with Gasteiger partial charge in [-0.3, -0.25) is 0 Å². The van der Waals surface area contributed by atoms with Crippen LogP contribution in [0.15, 0.2) is 4.42 Å². The van der Waals surface area contributed by atoms with Crippen molar-refractivity contribution < 1.29 is 9.15 Å². The Morgan fingerprint density at radius 2 is 2.10 bits per heavy atom. The minimum atomic E-state index is 0.226. The van der Waals surface area contributed by atoms with Crippen LogP contribution in [0.4, 0.5) is 0 Å². The van der Waals surface area contributed by atoms with Crippen molar-refractivity contribution in [3.63, 3.8) is 0 Å². The van der Waals surface area contributed by atoms with Crippen LogP contribution in [-0.4, -0.2) is 17.3 Å². The minimum Gasteiger partial charge on any atom is -0.452 e. The van der Waals surface area contributed by atoms with Gasteiger partial charge >= 0.3 is 6.08 Å². The number of ether oxygens (including phenoxy) is 1. The molecule has 0 aliphatic heterocycles. The van der Waals surface area contributed by atoms with Crippen molar-refractivity contribution in [2.45, 2.75) is 19.8 Å². The van der Waals surface area contributed by atoms with Gasteiger partial charge in [0.15, 0.2) is 0 Å². The summed E-state index contributed by atoms with van der Waals surface area (Å²) >= 11 is 0. The largest absolute Gasteiger partial charge is 0.452 e. The highest BCUT2D eigenvalue weighted by molar-refractivity contribution is 4.89. The van der Waals surface area contributed by atoms with Crippen LogP contribution in [0.25, 0.3) is 0 Å². The number of nitrogens with zero attached hydrogens (tertiary/aromatic N) is 2. The lowest BCUT2D eigenvalue weighted by atomic mass is 10.2. The molecular weight excluding hydrogens is 132 g/mol. The molecule has 10 heavy (non-hydrogen) atoms. The molecule has 0 saturated heterocycles. The Balaban J connectivity index is 2.78. The molecule has 4 heteroatoms. The van der Waals surface area contributed by atoms with Crippen LogP contribution < -0.4 is 4.74 Å². The lowest BCUT2D eigenvalue weighted by molar-refractivity contribution is 0.277. The zero-order valence-corrected chi connectivity index (χ0v) is 6.29. The molecule has 0 aromatic carbocycles. The van der Waals surface area contributed by atoms with Crippen molar-refractivity contribution in [2.75, 3.05) is 7.11 Å². The van der Waals surface area contributed by atoms with E-state index in [2.05, 4.69) is 10.2 Å². The van der Waals surface area contributed by atoms with E-state index >= 15 is 0 Å². The topological polar surface area (TPSA) is 48.2 Å². The Labute approximate surface area is 59.2 Å². The molecule has 0 saturated carbocycles. The summed E-state index contributed by atoms with van der Waals surface area (Å²) in [5.74, 6) is 0.869. The summed E-state index contributed by atoms with van der Waals surface area (Å²) in [6.07, 6.45) is 0.226. The zero-order chi connectivity index (χ0) is 7.56. The number of aromatic nitrogens is 2. The van der Waals surface area contributed by atoms with E-state index in [0.717, 1.165) is 0 Å². The molecule has 1 aromatic rings. The van der Waals surface area contributed by atoms with Gasteiger partial charge in [-0.05, 0) is 0 Å². The molecular formula is C6H10N2O2. The van der Waals surface area contributed by atoms with Crippen LogP contribution >= 0.6 is 0 Å². The lowest BCUT2D eigenvalue weighted by Gasteiger charge is -1.92. The van der Waals surface area contributed by atoms with Crippen molar-refractivity contribution in [1.82, 2.24) is 10.2 Å². The summed E-state index contributed by atoms with van der Waals surface area (Å²) in [6, 6.07) is 0. The highest BCUT2D eigenvalue weighted by Crippen LogP contribution is 2.15. The Hall–Kier alpha value is -1.06. The number of rotatable bonds is 2. The summed E-state index contributed by atoms with van der Waals surface area (Å²) in [5, 5.41) is 7.36. The second kappa shape index (κ2) is 2.68. The highest BCUT2D eigenvalue weighted by Gasteiger charge is 2.08. The third-order valence-electron chi connectivity index (χ3n) is 1.09. The van der Waals surface area contributed by atoms with E-state index in [0.29, 0.717) is 5.89 Å². The first-order valence-electron chi connectivity index (χ1n) is 3.11. The molecule has 0 radical (unpaired) electrons. The summed E-state index contributed by atoms with van der Waals surface area (Å²) < 4.78 is 9.75. The zero-order valence-electron chi connectivity index (χ0n) is 6.29. The average molecular weight is 142 g/mol. The molecule has 0 N–H and O–H groups in total. The third kappa shape index (κ3) is 1.26. The second-order valence-corrected chi connectivity index (χ2v) is 2.27. The van der Waals surface area contributed by atoms with E-state index in [-0.39, 0.29) is 12.0 Å². The molecule has 1 heterocycles. The van der Waals surface area contributed by atoms with Gasteiger partial charge in [-0.15, -0.1) is 5.10 Å². The molecule has 0 atom stereocenters. The lowest BCUT2D eigenvalue weighted by Crippen LogP contribution is -1.85. The van der Waals surface area contributed by atoms with Crippen molar-refractivity contribution in [3.8, 4) is 6.08 Å². The molecule has 1 rings (SSSR count). The van der Waals surface area contributed by atoms with E-state index in [9.17, 15) is 0 Å². The van der Waals surface area contributed by atoms with Crippen molar-refractivity contribution in [2.24, 2.45) is 0 Å². The third-order valence-corrected chi connectivity index (χ3v) is 1.09. The van der Waals surface area contributed by atoms with Crippen LogP contribution in [0.3, 0.4) is 0 Å². The van der Waals surface area contributed by atoms with Crippen molar-refractivity contribution in [3.05, 3.63) is 5.89 Å². The first kappa shape index (κ1) is 7.05. The first-order chi connectivity index (χ1) is 4.74. The molecule has 0 unspecified atom stereocenters. The fraction of sp³-hybridized carbons (Fsp3) is 0.667. The molecule has 56 valence electrons. The maximum absolute atomic E-state index is 5.05. The van der Waals surface area contributed by atoms with Gasteiger partial charge in [-0.2, -0.15) is 0 Å². The molecule has 0 fully saturated rings. The molecule has 0 aliphatic carbocycles. The normalized spacial score (nSPS) is 10.4. The Morgan fingerprint density at radius 1 is 1.40 bits per heavy atom. The molecule has 0 amide bonds. The Kier molecular flexibility index (Phi) is 1.89. The van der Waals surface area contributed by atoms with Crippen LogP contribution in [0.1, 0.15) is 25.7 Å². The summed E-state index contributed by atoms with van der Waals surface area (Å²) in [7, 11) is 1.50. The molecule has 0 bridgehead atoms. The molecule has 1 aromatic heterocycles. The van der Waals surface area contributed by atoms with E-state index in [1.54, 1.807) is 0 Å². The smallest absolute Gasteiger partial charge is 0.414 e. The maximum Gasteiger partial charge on any atom is 0.414 e. The number of hydrogen-bond acceptors (Lipinski definition) is 4. The fourth-order valence-electron chi connectivity index (χ4n) is 0.536. The molecule has 0 aliphatic rings. The van der Waals surface area contributed by atoms with Gasteiger partial charge in [0, 0.05) is 5.92 Å². The van der Waals surface area contributed by atoms with Crippen molar-refractivity contribution in [1.29, 1.82) is 0 Å². The van der Waals surface area contributed by atoms with Gasteiger partial charge in [0.2, 0.25) is 5.89 Å². The number of hydrogen-bond donors (Lipinski definition) is 0. The van der Waals surface area contributed by atoms with Gasteiger partial charge in [-0.25, -0.2) is 0 Å². The van der Waals surface area contributed by atoms with E-state index in [1.165, 1.54) is 7.11 Å². The van der Waals surface area contributed by atoms with Crippen LogP contribution in [0.5, 0.6) is 6.08 Å². The monoisotopic (exact) mass is 142 g/mol. The van der Waals surface area contributed by atoms with Gasteiger partial charge in [0.25, 0.3) is 0 Å². The van der Waals surface area contributed by atoms with Crippen molar-refractivity contribution >= 4 is 0 Å². The van der Waals surface area contributed by atoms with E-state index in [1.807, 2.05) is 13.8 Å². The first-order valence-corrected chi connectivity index (χ1v) is 3.11. The van der Waals surface area contributed by atoms with Gasteiger partial charge in [0.05, 0.1) is 7.11 Å². The highest BCUT2D eigenvalue weighted by atomic mass is 16.6. The summed E-state index contributed by atoms with van der Waals surface area (Å²) in [5.41, 5.74) is 0. The van der Waals surface area contributed by atoms with Crippen LogP contribution in [-0.2, 0) is 0 Å². The van der Waals surface area contributed by atoms with Crippen LogP contribution in [0.2, 0.25) is 0 Å². The maximum atomic E-state index is 5.05. The molecule has 4 nitrogen and oxygen atoms in total. The Bertz CT molecular complexity index is 207. The molecule has 0 spiro atoms. The number of methoxy groups -OCH3 is 1. The predicted molar refractivity (Wildman–Crippen MR) is 34.9 cm³/mol. The van der Waals surface area contributed by atoms with Gasteiger partial charge in [0.1, 0.15) is 0 Å². The van der Waals surface area contributed by atoms with Gasteiger partial charge < -0.3 is 9.15 Å². The summed E-state index contributed by atoms with van der Waals surface area (Å²) in [4.78, 5) is 0. The van der Waals surface area contributed by atoms with Gasteiger partial charge in [-0.1, -0.05) is 18.9 Å². The van der Waals surface area contributed by atoms with E-state index in [4.69, 9.17) is 9.15 Å². The fourth-order valence-corrected chi connectivity index (χ4v) is 0.536. The standard InChI is InChI=1S/C6H10N2O2/c1-4(2)5-7-8-6(9-3)10-5/h4H,1-3H3.